The van der Waals surface area contributed by atoms with Gasteiger partial charge in [-0.25, -0.2) is 4.98 Å². The van der Waals surface area contributed by atoms with Gasteiger partial charge in [0.05, 0.1) is 19.9 Å². The predicted octanol–water partition coefficient (Wildman–Crippen LogP) is 4.01. The number of phenolic OH excluding ortho intramolecular Hbond substituents is 1. The highest BCUT2D eigenvalue weighted by Gasteiger charge is 2.13. The average Bonchev–Trinajstić information content (AvgIpc) is 3.11. The smallest absolute Gasteiger partial charge is 0.156 e. The zero-order valence-corrected chi connectivity index (χ0v) is 14.4. The number of nitrogens with one attached hydrogen (secondary N) is 1. The van der Waals surface area contributed by atoms with Crippen LogP contribution >= 0.6 is 0 Å². The summed E-state index contributed by atoms with van der Waals surface area (Å²) in [6, 6.07) is 16.6. The molecule has 0 unspecified atom stereocenters. The third-order valence-electron chi connectivity index (χ3n) is 4.23. The van der Waals surface area contributed by atoms with Crippen LogP contribution in [-0.2, 0) is 0 Å². The second-order valence-electron chi connectivity index (χ2n) is 5.78. The summed E-state index contributed by atoms with van der Waals surface area (Å²) in [7, 11) is 3.20. The van der Waals surface area contributed by atoms with E-state index in [1.54, 1.807) is 32.4 Å². The Morgan fingerprint density at radius 2 is 1.85 bits per heavy atom. The molecule has 26 heavy (non-hydrogen) atoms. The summed E-state index contributed by atoms with van der Waals surface area (Å²) in [4.78, 5) is 4.66. The number of aromatic hydroxyl groups is 1. The Morgan fingerprint density at radius 3 is 2.65 bits per heavy atom. The fraction of sp³-hybridized carbons (Fsp3) is 0.100. The minimum absolute atomic E-state index is 0.147. The quantitative estimate of drug-likeness (QED) is 0.583. The van der Waals surface area contributed by atoms with Crippen LogP contribution in [0, 0.1) is 0 Å². The molecule has 0 bridgehead atoms. The number of fused-ring (bicyclic) bond motifs is 1. The molecule has 6 heteroatoms. The van der Waals surface area contributed by atoms with Gasteiger partial charge in [0.2, 0.25) is 0 Å². The third-order valence-corrected chi connectivity index (χ3v) is 4.23. The number of ether oxygens (including phenoxy) is 2. The van der Waals surface area contributed by atoms with E-state index in [-0.39, 0.29) is 5.75 Å². The lowest BCUT2D eigenvalue weighted by atomic mass is 10.1. The van der Waals surface area contributed by atoms with Crippen molar-refractivity contribution in [3.63, 3.8) is 0 Å². The summed E-state index contributed by atoms with van der Waals surface area (Å²) in [6.07, 6.45) is 0. The van der Waals surface area contributed by atoms with Gasteiger partial charge in [0.15, 0.2) is 5.65 Å². The zero-order chi connectivity index (χ0) is 18.1. The molecular formula is C20H17N3O3. The van der Waals surface area contributed by atoms with Gasteiger partial charge in [0, 0.05) is 22.6 Å². The summed E-state index contributed by atoms with van der Waals surface area (Å²) in [6.45, 7) is 0. The predicted molar refractivity (Wildman–Crippen MR) is 99.5 cm³/mol. The van der Waals surface area contributed by atoms with Crippen LogP contribution < -0.4 is 9.47 Å². The highest BCUT2D eigenvalue weighted by molar-refractivity contribution is 5.92. The van der Waals surface area contributed by atoms with Gasteiger partial charge in [-0.15, -0.1) is 0 Å². The van der Waals surface area contributed by atoms with E-state index in [0.29, 0.717) is 11.4 Å². The Morgan fingerprint density at radius 1 is 0.962 bits per heavy atom. The van der Waals surface area contributed by atoms with Gasteiger partial charge >= 0.3 is 0 Å². The number of phenols is 1. The van der Waals surface area contributed by atoms with Crippen molar-refractivity contribution in [1.29, 1.82) is 0 Å². The number of methoxy groups -OCH3 is 2. The molecule has 0 aliphatic heterocycles. The minimum Gasteiger partial charge on any atom is -0.508 e. The van der Waals surface area contributed by atoms with E-state index in [1.165, 1.54) is 0 Å². The van der Waals surface area contributed by atoms with Gasteiger partial charge in [-0.1, -0.05) is 12.1 Å². The van der Waals surface area contributed by atoms with Gasteiger partial charge in [-0.3, -0.25) is 5.10 Å². The van der Waals surface area contributed by atoms with Crippen molar-refractivity contribution >= 4 is 11.0 Å². The van der Waals surface area contributed by atoms with Crippen molar-refractivity contribution in [2.24, 2.45) is 0 Å². The standard InChI is InChI=1S/C20H17N3O3/c1-25-14-5-3-4-12(10-14)19-16-8-9-17(21-20(16)23-22-19)15-7-6-13(24)11-18(15)26-2/h3-11,24H,1-2H3,(H,21,22,23). The molecule has 0 aliphatic carbocycles. The molecule has 6 nitrogen and oxygen atoms in total. The van der Waals surface area contributed by atoms with Crippen molar-refractivity contribution in [2.75, 3.05) is 14.2 Å². The first-order valence-corrected chi connectivity index (χ1v) is 8.06. The molecule has 0 amide bonds. The van der Waals surface area contributed by atoms with Gasteiger partial charge in [-0.2, -0.15) is 5.10 Å². The van der Waals surface area contributed by atoms with Crippen LogP contribution in [0.5, 0.6) is 17.2 Å². The normalized spacial score (nSPS) is 10.8. The first-order chi connectivity index (χ1) is 12.7. The number of pyridine rings is 1. The Labute approximate surface area is 150 Å². The summed E-state index contributed by atoms with van der Waals surface area (Å²) in [5.41, 5.74) is 3.97. The Balaban J connectivity index is 1.81. The Hall–Kier alpha value is -3.54. The molecular weight excluding hydrogens is 330 g/mol. The third kappa shape index (κ3) is 2.71. The fourth-order valence-electron chi connectivity index (χ4n) is 2.94. The molecule has 0 aliphatic rings. The molecule has 0 saturated carbocycles. The van der Waals surface area contributed by atoms with E-state index in [2.05, 4.69) is 15.2 Å². The lowest BCUT2D eigenvalue weighted by Crippen LogP contribution is -1.90. The minimum atomic E-state index is 0.147. The number of benzene rings is 2. The summed E-state index contributed by atoms with van der Waals surface area (Å²) < 4.78 is 10.6. The number of nitrogens with zero attached hydrogens (tertiary/aromatic N) is 2. The highest BCUT2D eigenvalue weighted by atomic mass is 16.5. The molecule has 0 fully saturated rings. The molecule has 4 rings (SSSR count). The second-order valence-corrected chi connectivity index (χ2v) is 5.78. The van der Waals surface area contributed by atoms with E-state index in [0.717, 1.165) is 33.7 Å². The SMILES string of the molecule is COc1cccc(-c2n[nH]c3nc(-c4ccc(O)cc4OC)ccc23)c1. The van der Waals surface area contributed by atoms with Crippen molar-refractivity contribution in [2.45, 2.75) is 0 Å². The molecule has 0 radical (unpaired) electrons. The number of rotatable bonds is 4. The van der Waals surface area contributed by atoms with E-state index in [1.807, 2.05) is 36.4 Å². The number of hydrogen-bond acceptors (Lipinski definition) is 5. The largest absolute Gasteiger partial charge is 0.508 e. The van der Waals surface area contributed by atoms with Crippen molar-refractivity contribution in [1.82, 2.24) is 15.2 Å². The maximum absolute atomic E-state index is 9.63. The van der Waals surface area contributed by atoms with Crippen LogP contribution in [0.1, 0.15) is 0 Å². The zero-order valence-electron chi connectivity index (χ0n) is 14.4. The van der Waals surface area contributed by atoms with Crippen LogP contribution in [0.15, 0.2) is 54.6 Å². The topological polar surface area (TPSA) is 80.3 Å². The first-order valence-electron chi connectivity index (χ1n) is 8.06. The Bertz CT molecular complexity index is 1090. The maximum Gasteiger partial charge on any atom is 0.156 e. The highest BCUT2D eigenvalue weighted by Crippen LogP contribution is 2.34. The lowest BCUT2D eigenvalue weighted by Gasteiger charge is -2.08. The van der Waals surface area contributed by atoms with Gasteiger partial charge in [-0.05, 0) is 36.4 Å². The van der Waals surface area contributed by atoms with Crippen molar-refractivity contribution in [3.05, 3.63) is 54.6 Å². The van der Waals surface area contributed by atoms with Crippen molar-refractivity contribution < 1.29 is 14.6 Å². The molecule has 2 N–H and O–H groups in total. The molecule has 2 aromatic heterocycles. The van der Waals surface area contributed by atoms with Gasteiger partial charge in [0.1, 0.15) is 22.9 Å². The van der Waals surface area contributed by atoms with Crippen molar-refractivity contribution in [3.8, 4) is 39.8 Å². The van der Waals surface area contributed by atoms with Crippen LogP contribution in [0.25, 0.3) is 33.5 Å². The maximum atomic E-state index is 9.63. The molecule has 0 spiro atoms. The van der Waals surface area contributed by atoms with Crippen LogP contribution in [0.2, 0.25) is 0 Å². The number of hydrogen-bond donors (Lipinski definition) is 2. The van der Waals surface area contributed by atoms with Crippen LogP contribution in [-0.4, -0.2) is 34.5 Å². The average molecular weight is 347 g/mol. The molecule has 4 aromatic rings. The second kappa shape index (κ2) is 6.40. The van der Waals surface area contributed by atoms with Crippen LogP contribution in [0.3, 0.4) is 0 Å². The molecule has 0 atom stereocenters. The number of aromatic amines is 1. The van der Waals surface area contributed by atoms with Crippen LogP contribution in [0.4, 0.5) is 0 Å². The van der Waals surface area contributed by atoms with E-state index in [4.69, 9.17) is 9.47 Å². The molecule has 2 aromatic carbocycles. The fourth-order valence-corrected chi connectivity index (χ4v) is 2.94. The molecule has 0 saturated heterocycles. The first kappa shape index (κ1) is 16.0. The molecule has 130 valence electrons. The van der Waals surface area contributed by atoms with E-state index in [9.17, 15) is 5.11 Å². The monoisotopic (exact) mass is 347 g/mol. The van der Waals surface area contributed by atoms with Gasteiger partial charge in [0.25, 0.3) is 0 Å². The lowest BCUT2D eigenvalue weighted by molar-refractivity contribution is 0.409. The summed E-state index contributed by atoms with van der Waals surface area (Å²) >= 11 is 0. The summed E-state index contributed by atoms with van der Waals surface area (Å²) in [5, 5.41) is 18.0. The van der Waals surface area contributed by atoms with E-state index >= 15 is 0 Å². The number of aromatic nitrogens is 3. The van der Waals surface area contributed by atoms with E-state index < -0.39 is 0 Å². The number of H-pyrrole nitrogens is 1. The summed E-state index contributed by atoms with van der Waals surface area (Å²) in [5.74, 6) is 1.48. The van der Waals surface area contributed by atoms with Gasteiger partial charge < -0.3 is 14.6 Å². The molecule has 2 heterocycles. The Kier molecular flexibility index (Phi) is 3.93.